The normalized spacial score (nSPS) is 16.5. The Morgan fingerprint density at radius 3 is 2.90 bits per heavy atom. The van der Waals surface area contributed by atoms with Gasteiger partial charge in [-0.3, -0.25) is 4.68 Å². The molecule has 0 saturated carbocycles. The van der Waals surface area contributed by atoms with E-state index in [1.54, 1.807) is 0 Å². The molecule has 2 atom stereocenters. The second-order valence-corrected chi connectivity index (χ2v) is 5.34. The highest BCUT2D eigenvalue weighted by Gasteiger charge is 2.18. The van der Waals surface area contributed by atoms with Crippen molar-refractivity contribution in [2.24, 2.45) is 0 Å². The van der Waals surface area contributed by atoms with Crippen LogP contribution in [-0.2, 0) is 6.54 Å². The molecule has 1 aliphatic heterocycles. The monoisotopic (exact) mass is 287 g/mol. The van der Waals surface area contributed by atoms with Crippen LogP contribution in [-0.4, -0.2) is 29.0 Å². The highest BCUT2D eigenvalue weighted by atomic mass is 16.6. The Balaban J connectivity index is 1.65. The third kappa shape index (κ3) is 3.03. The molecule has 0 unspecified atom stereocenters. The Kier molecular flexibility index (Phi) is 4.10. The number of ether oxygens (including phenoxy) is 2. The van der Waals surface area contributed by atoms with Crippen LogP contribution in [0, 0.1) is 0 Å². The Labute approximate surface area is 124 Å². The molecule has 0 bridgehead atoms. The van der Waals surface area contributed by atoms with E-state index in [4.69, 9.17) is 9.47 Å². The molecule has 2 heterocycles. The van der Waals surface area contributed by atoms with Gasteiger partial charge in [-0.15, -0.1) is 0 Å². The average molecular weight is 287 g/mol. The number of nitrogens with one attached hydrogen (secondary N) is 1. The molecule has 0 amide bonds. The average Bonchev–Trinajstić information content (AvgIpc) is 3.06. The van der Waals surface area contributed by atoms with E-state index >= 15 is 0 Å². The summed E-state index contributed by atoms with van der Waals surface area (Å²) in [6.07, 6.45) is 3.80. The molecule has 1 aliphatic rings. The fourth-order valence-corrected chi connectivity index (χ4v) is 2.47. The van der Waals surface area contributed by atoms with Crippen molar-refractivity contribution in [3.63, 3.8) is 0 Å². The smallest absolute Gasteiger partial charge is 0.165 e. The van der Waals surface area contributed by atoms with Crippen LogP contribution in [0.5, 0.6) is 11.5 Å². The summed E-state index contributed by atoms with van der Waals surface area (Å²) < 4.78 is 13.3. The zero-order chi connectivity index (χ0) is 14.7. The maximum atomic E-state index is 5.74. The van der Waals surface area contributed by atoms with Gasteiger partial charge in [0.2, 0.25) is 0 Å². The zero-order valence-corrected chi connectivity index (χ0v) is 12.5. The van der Waals surface area contributed by atoms with Gasteiger partial charge in [-0.2, -0.15) is 5.10 Å². The lowest BCUT2D eigenvalue weighted by atomic mass is 10.1. The quantitative estimate of drug-likeness (QED) is 0.917. The van der Waals surface area contributed by atoms with E-state index < -0.39 is 0 Å². The van der Waals surface area contributed by atoms with Crippen LogP contribution in [0.3, 0.4) is 0 Å². The van der Waals surface area contributed by atoms with Crippen molar-refractivity contribution in [1.82, 2.24) is 15.1 Å². The molecule has 112 valence electrons. The summed E-state index contributed by atoms with van der Waals surface area (Å²) in [7, 11) is 0. The molecule has 1 N–H and O–H groups in total. The summed E-state index contributed by atoms with van der Waals surface area (Å²) >= 11 is 0. The number of hydrogen-bond donors (Lipinski definition) is 1. The molecule has 0 radical (unpaired) electrons. The molecule has 5 nitrogen and oxygen atoms in total. The fourth-order valence-electron chi connectivity index (χ4n) is 2.47. The van der Waals surface area contributed by atoms with E-state index in [-0.39, 0.29) is 6.04 Å². The topological polar surface area (TPSA) is 48.3 Å². The number of hydrogen-bond acceptors (Lipinski definition) is 4. The molecule has 0 fully saturated rings. The van der Waals surface area contributed by atoms with Gasteiger partial charge in [0, 0.05) is 30.5 Å². The predicted molar refractivity (Wildman–Crippen MR) is 80.7 cm³/mol. The molecule has 0 spiro atoms. The van der Waals surface area contributed by atoms with Crippen molar-refractivity contribution in [3.05, 3.63) is 42.2 Å². The van der Waals surface area contributed by atoms with Gasteiger partial charge in [-0.1, -0.05) is 12.1 Å². The van der Waals surface area contributed by atoms with E-state index in [9.17, 15) is 0 Å². The van der Waals surface area contributed by atoms with Gasteiger partial charge in [-0.25, -0.2) is 0 Å². The Morgan fingerprint density at radius 2 is 2.10 bits per heavy atom. The number of rotatable bonds is 5. The van der Waals surface area contributed by atoms with E-state index in [1.165, 1.54) is 0 Å². The summed E-state index contributed by atoms with van der Waals surface area (Å²) in [4.78, 5) is 0. The minimum absolute atomic E-state index is 0.289. The third-order valence-electron chi connectivity index (χ3n) is 3.93. The molecule has 2 aromatic rings. The van der Waals surface area contributed by atoms with Crippen LogP contribution in [0.1, 0.15) is 25.5 Å². The molecule has 1 aromatic carbocycles. The van der Waals surface area contributed by atoms with Crippen molar-refractivity contribution in [3.8, 4) is 11.5 Å². The molecule has 21 heavy (non-hydrogen) atoms. The predicted octanol–water partition coefficient (Wildman–Crippen LogP) is 2.39. The summed E-state index contributed by atoms with van der Waals surface area (Å²) in [5, 5.41) is 7.84. The van der Waals surface area contributed by atoms with E-state index in [2.05, 4.69) is 30.3 Å². The van der Waals surface area contributed by atoms with Crippen LogP contribution in [0.4, 0.5) is 0 Å². The lowest BCUT2D eigenvalue weighted by Crippen LogP contribution is -2.33. The second kappa shape index (κ2) is 6.18. The fraction of sp³-hybridized carbons (Fsp3) is 0.438. The second-order valence-electron chi connectivity index (χ2n) is 5.34. The molecule has 0 aliphatic carbocycles. The van der Waals surface area contributed by atoms with Gasteiger partial charge >= 0.3 is 0 Å². The number of fused-ring (bicyclic) bond motifs is 1. The minimum Gasteiger partial charge on any atom is -0.486 e. The summed E-state index contributed by atoms with van der Waals surface area (Å²) in [5.74, 6) is 1.71. The first kappa shape index (κ1) is 13.9. The highest BCUT2D eigenvalue weighted by Crippen LogP contribution is 2.33. The van der Waals surface area contributed by atoms with Crippen LogP contribution >= 0.6 is 0 Å². The van der Waals surface area contributed by atoms with Gasteiger partial charge < -0.3 is 14.8 Å². The van der Waals surface area contributed by atoms with Gasteiger partial charge in [0.15, 0.2) is 11.5 Å². The van der Waals surface area contributed by atoms with Crippen molar-refractivity contribution in [2.45, 2.75) is 32.5 Å². The Morgan fingerprint density at radius 1 is 1.24 bits per heavy atom. The lowest BCUT2D eigenvalue weighted by Gasteiger charge is -2.24. The molecule has 0 saturated heterocycles. The molecular weight excluding hydrogens is 266 g/mol. The lowest BCUT2D eigenvalue weighted by molar-refractivity contribution is 0.169. The molecule has 5 heteroatoms. The van der Waals surface area contributed by atoms with Gasteiger partial charge in [0.1, 0.15) is 13.2 Å². The van der Waals surface area contributed by atoms with Crippen molar-refractivity contribution < 1.29 is 9.47 Å². The first-order valence-corrected chi connectivity index (χ1v) is 7.35. The summed E-state index contributed by atoms with van der Waals surface area (Å²) in [5.41, 5.74) is 1.13. The van der Waals surface area contributed by atoms with Crippen molar-refractivity contribution >= 4 is 0 Å². The van der Waals surface area contributed by atoms with Gasteiger partial charge in [-0.05, 0) is 26.0 Å². The zero-order valence-electron chi connectivity index (χ0n) is 12.5. The maximum Gasteiger partial charge on any atom is 0.165 e. The van der Waals surface area contributed by atoms with Crippen molar-refractivity contribution in [1.29, 1.82) is 0 Å². The molecule has 3 rings (SSSR count). The summed E-state index contributed by atoms with van der Waals surface area (Å²) in [6, 6.07) is 8.57. The minimum atomic E-state index is 0.289. The van der Waals surface area contributed by atoms with Crippen LogP contribution in [0.25, 0.3) is 0 Å². The number of nitrogens with zero attached hydrogens (tertiary/aromatic N) is 2. The summed E-state index contributed by atoms with van der Waals surface area (Å²) in [6.45, 7) is 6.31. The van der Waals surface area contributed by atoms with Crippen LogP contribution < -0.4 is 14.8 Å². The maximum absolute atomic E-state index is 5.74. The Hall–Kier alpha value is -2.01. The number of aromatic nitrogens is 2. The van der Waals surface area contributed by atoms with E-state index in [0.29, 0.717) is 19.3 Å². The van der Waals surface area contributed by atoms with Crippen molar-refractivity contribution in [2.75, 3.05) is 13.2 Å². The molecular formula is C16H21N3O2. The largest absolute Gasteiger partial charge is 0.486 e. The highest BCUT2D eigenvalue weighted by molar-refractivity contribution is 5.47. The SMILES string of the molecule is C[C@H]([C@@H](C)NCc1cccc2c1OCCO2)n1cccn1. The molecule has 1 aromatic heterocycles. The standard InChI is InChI=1S/C16H21N3O2/c1-12(13(2)19-8-4-7-18-19)17-11-14-5-3-6-15-16(14)21-10-9-20-15/h3-8,12-13,17H,9-11H2,1-2H3/t12-,13-/m1/s1. The number of para-hydroxylation sites is 1. The first-order valence-electron chi connectivity index (χ1n) is 7.35. The number of benzene rings is 1. The van der Waals surface area contributed by atoms with Crippen LogP contribution in [0.2, 0.25) is 0 Å². The van der Waals surface area contributed by atoms with E-state index in [0.717, 1.165) is 23.6 Å². The van der Waals surface area contributed by atoms with Gasteiger partial charge in [0.25, 0.3) is 0 Å². The first-order chi connectivity index (χ1) is 10.3. The Bertz CT molecular complexity index is 583. The van der Waals surface area contributed by atoms with Crippen LogP contribution in [0.15, 0.2) is 36.7 Å². The van der Waals surface area contributed by atoms with E-state index in [1.807, 2.05) is 35.3 Å². The third-order valence-corrected chi connectivity index (χ3v) is 3.93. The van der Waals surface area contributed by atoms with Gasteiger partial charge in [0.05, 0.1) is 6.04 Å².